The molecule has 0 aromatic rings. The fourth-order valence-electron chi connectivity index (χ4n) is 3.57. The van der Waals surface area contributed by atoms with Crippen LogP contribution in [0.15, 0.2) is 0 Å². The second-order valence-electron chi connectivity index (χ2n) is 12.5. The van der Waals surface area contributed by atoms with Crippen LogP contribution in [0.2, 0.25) is 0 Å². The highest BCUT2D eigenvalue weighted by molar-refractivity contribution is 5.76. The van der Waals surface area contributed by atoms with Crippen molar-refractivity contribution in [1.82, 2.24) is 0 Å². The van der Waals surface area contributed by atoms with Crippen molar-refractivity contribution >= 4 is 11.9 Å². The highest BCUT2D eigenvalue weighted by Crippen LogP contribution is 2.31. The average molecular weight is 449 g/mol. The van der Waals surface area contributed by atoms with Gasteiger partial charge in [0.25, 0.3) is 0 Å². The van der Waals surface area contributed by atoms with Crippen molar-refractivity contribution < 1.29 is 39.2 Å². The zero-order valence-electron chi connectivity index (χ0n) is 21.6. The van der Waals surface area contributed by atoms with Crippen molar-refractivity contribution in [2.75, 3.05) is 0 Å². The van der Waals surface area contributed by atoms with Crippen molar-refractivity contribution in [3.05, 3.63) is 0 Å². The molecule has 0 fully saturated rings. The molecule has 0 saturated heterocycles. The maximum atomic E-state index is 12.3. The van der Waals surface area contributed by atoms with Crippen LogP contribution >= 0.6 is 0 Å². The SMILES string of the molecule is CC(C)(C)CC(C)(C)OOOC(=O)CCC(C)(C)C(=O)OOOC(C)(C)CC(C)(C)C. The Morgan fingerprint density at radius 3 is 1.39 bits per heavy atom. The Bertz CT molecular complexity index is 579. The lowest BCUT2D eigenvalue weighted by Crippen LogP contribution is -2.33. The topological polar surface area (TPSA) is 89.5 Å². The summed E-state index contributed by atoms with van der Waals surface area (Å²) in [5.74, 6) is -1.31. The summed E-state index contributed by atoms with van der Waals surface area (Å²) in [5.41, 5.74) is -2.22. The van der Waals surface area contributed by atoms with Gasteiger partial charge in [0.15, 0.2) is 0 Å². The van der Waals surface area contributed by atoms with Crippen LogP contribution < -0.4 is 0 Å². The van der Waals surface area contributed by atoms with Crippen LogP contribution in [0, 0.1) is 16.2 Å². The summed E-state index contributed by atoms with van der Waals surface area (Å²) in [6.07, 6.45) is 1.49. The molecule has 0 radical (unpaired) electrons. The summed E-state index contributed by atoms with van der Waals surface area (Å²) >= 11 is 0. The highest BCUT2D eigenvalue weighted by Gasteiger charge is 2.34. The van der Waals surface area contributed by atoms with Gasteiger partial charge in [-0.3, -0.25) is 9.78 Å². The molecule has 31 heavy (non-hydrogen) atoms. The van der Waals surface area contributed by atoms with Crippen LogP contribution in [0.4, 0.5) is 0 Å². The third-order valence-corrected chi connectivity index (χ3v) is 4.17. The molecule has 0 N–H and O–H groups in total. The quantitative estimate of drug-likeness (QED) is 0.264. The van der Waals surface area contributed by atoms with E-state index in [0.717, 1.165) is 0 Å². The largest absolute Gasteiger partial charge is 0.351 e. The molecule has 0 aliphatic rings. The molecular formula is C23H44O8. The minimum atomic E-state index is -0.997. The molecule has 0 amide bonds. The van der Waals surface area contributed by atoms with E-state index in [1.165, 1.54) is 0 Å². The van der Waals surface area contributed by atoms with Gasteiger partial charge in [0.05, 0.1) is 11.8 Å². The van der Waals surface area contributed by atoms with Gasteiger partial charge in [0.1, 0.15) is 11.2 Å². The van der Waals surface area contributed by atoms with Crippen LogP contribution in [0.1, 0.15) is 109 Å². The normalized spacial score (nSPS) is 13.8. The Morgan fingerprint density at radius 1 is 0.613 bits per heavy atom. The van der Waals surface area contributed by atoms with E-state index in [1.54, 1.807) is 13.8 Å². The maximum Gasteiger partial charge on any atom is 0.351 e. The molecule has 184 valence electrons. The number of carbonyl (C=O) groups is 2. The summed E-state index contributed by atoms with van der Waals surface area (Å²) < 4.78 is 0. The Balaban J connectivity index is 4.35. The Labute approximate surface area is 187 Å². The first-order chi connectivity index (χ1) is 13.6. The summed E-state index contributed by atoms with van der Waals surface area (Å²) in [4.78, 5) is 44.1. The van der Waals surface area contributed by atoms with Crippen molar-refractivity contribution in [1.29, 1.82) is 0 Å². The minimum absolute atomic E-state index is 0.0181. The molecule has 0 saturated carbocycles. The van der Waals surface area contributed by atoms with Gasteiger partial charge in [-0.1, -0.05) is 41.5 Å². The van der Waals surface area contributed by atoms with E-state index in [4.69, 9.17) is 19.7 Å². The Kier molecular flexibility index (Phi) is 10.6. The van der Waals surface area contributed by atoms with E-state index >= 15 is 0 Å². The molecule has 8 heteroatoms. The molecule has 0 heterocycles. The van der Waals surface area contributed by atoms with E-state index < -0.39 is 28.6 Å². The van der Waals surface area contributed by atoms with Crippen molar-refractivity contribution in [3.8, 4) is 0 Å². The first-order valence-corrected chi connectivity index (χ1v) is 10.8. The molecule has 0 aliphatic heterocycles. The average Bonchev–Trinajstić information content (AvgIpc) is 2.47. The number of hydrogen-bond donors (Lipinski definition) is 0. The van der Waals surface area contributed by atoms with Gasteiger partial charge in [0, 0.05) is 0 Å². The van der Waals surface area contributed by atoms with E-state index in [1.807, 2.05) is 27.7 Å². The smallest absolute Gasteiger partial charge is 0.269 e. The van der Waals surface area contributed by atoms with Crippen molar-refractivity contribution in [2.45, 2.75) is 120 Å². The van der Waals surface area contributed by atoms with Gasteiger partial charge < -0.3 is 0 Å². The molecule has 0 spiro atoms. The highest BCUT2D eigenvalue weighted by atomic mass is 17.5. The zero-order chi connectivity index (χ0) is 24.7. The van der Waals surface area contributed by atoms with E-state index in [9.17, 15) is 9.59 Å². The first-order valence-electron chi connectivity index (χ1n) is 10.8. The molecule has 0 aromatic heterocycles. The monoisotopic (exact) mass is 448 g/mol. The molecule has 8 nitrogen and oxygen atoms in total. The third-order valence-electron chi connectivity index (χ3n) is 4.17. The lowest BCUT2D eigenvalue weighted by atomic mass is 9.84. The summed E-state index contributed by atoms with van der Waals surface area (Å²) in [5, 5.41) is 9.39. The maximum absolute atomic E-state index is 12.3. The van der Waals surface area contributed by atoms with Gasteiger partial charge in [-0.15, -0.1) is 0 Å². The molecule has 0 atom stereocenters. The first kappa shape index (κ1) is 29.8. The molecule has 0 aromatic carbocycles. The molecule has 0 bridgehead atoms. The van der Waals surface area contributed by atoms with Crippen molar-refractivity contribution in [3.63, 3.8) is 0 Å². The van der Waals surface area contributed by atoms with E-state index in [-0.39, 0.29) is 23.7 Å². The molecular weight excluding hydrogens is 404 g/mol. The van der Waals surface area contributed by atoms with E-state index in [0.29, 0.717) is 12.8 Å². The van der Waals surface area contributed by atoms with Crippen LogP contribution in [0.3, 0.4) is 0 Å². The summed E-state index contributed by atoms with van der Waals surface area (Å²) in [6.45, 7) is 23.1. The predicted molar refractivity (Wildman–Crippen MR) is 116 cm³/mol. The van der Waals surface area contributed by atoms with Crippen molar-refractivity contribution in [2.24, 2.45) is 16.2 Å². The number of hydrogen-bond acceptors (Lipinski definition) is 8. The third kappa shape index (κ3) is 15.3. The standard InChI is InChI=1S/C23H44O8/c1-19(2,3)15-22(9,10)28-30-26-17(24)13-14-21(7,8)18(25)27-31-29-23(11,12)16-20(4,5)6/h13-16H2,1-12H3. The second-order valence-corrected chi connectivity index (χ2v) is 12.5. The second kappa shape index (κ2) is 11.1. The molecule has 0 rings (SSSR count). The van der Waals surface area contributed by atoms with Gasteiger partial charge in [-0.2, -0.15) is 9.78 Å². The van der Waals surface area contributed by atoms with Gasteiger partial charge in [-0.05, 0) is 81.7 Å². The minimum Gasteiger partial charge on any atom is -0.269 e. The van der Waals surface area contributed by atoms with Gasteiger partial charge >= 0.3 is 11.9 Å². The zero-order valence-corrected chi connectivity index (χ0v) is 21.6. The summed E-state index contributed by atoms with van der Waals surface area (Å²) in [6, 6.07) is 0. The van der Waals surface area contributed by atoms with Gasteiger partial charge in [0.2, 0.25) is 0 Å². The Hall–Kier alpha value is -1.22. The number of carbonyl (C=O) groups excluding carboxylic acids is 2. The lowest BCUT2D eigenvalue weighted by molar-refractivity contribution is -0.520. The Morgan fingerprint density at radius 2 is 1.00 bits per heavy atom. The lowest BCUT2D eigenvalue weighted by Gasteiger charge is -2.30. The van der Waals surface area contributed by atoms with Gasteiger partial charge in [-0.25, -0.2) is 9.59 Å². The number of rotatable bonds is 12. The predicted octanol–water partition coefficient (Wildman–Crippen LogP) is 6.04. The fraction of sp³-hybridized carbons (Fsp3) is 0.913. The fourth-order valence-corrected chi connectivity index (χ4v) is 3.57. The summed E-state index contributed by atoms with van der Waals surface area (Å²) in [7, 11) is 0. The van der Waals surface area contributed by atoms with E-state index in [2.05, 4.69) is 51.5 Å². The molecule has 0 unspecified atom stereocenters. The van der Waals surface area contributed by atoms with Crippen LogP contribution in [0.25, 0.3) is 0 Å². The van der Waals surface area contributed by atoms with Crippen LogP contribution in [0.5, 0.6) is 0 Å². The van der Waals surface area contributed by atoms with Crippen LogP contribution in [-0.4, -0.2) is 23.1 Å². The molecule has 0 aliphatic carbocycles. The van der Waals surface area contributed by atoms with Crippen LogP contribution in [-0.2, 0) is 39.2 Å².